The van der Waals surface area contributed by atoms with Gasteiger partial charge < -0.3 is 5.73 Å². The summed E-state index contributed by atoms with van der Waals surface area (Å²) in [6, 6.07) is 0. The van der Waals surface area contributed by atoms with E-state index in [9.17, 15) is 0 Å². The molecular formula is C6H10IN3. The van der Waals surface area contributed by atoms with Crippen molar-refractivity contribution in [3.63, 3.8) is 0 Å². The molecular weight excluding hydrogens is 241 g/mol. The Morgan fingerprint density at radius 2 is 2.50 bits per heavy atom. The Bertz CT molecular complexity index is 197. The van der Waals surface area contributed by atoms with E-state index in [1.54, 1.807) is 0 Å². The van der Waals surface area contributed by atoms with Gasteiger partial charge in [0.05, 0.1) is 9.77 Å². The van der Waals surface area contributed by atoms with E-state index in [-0.39, 0.29) is 0 Å². The van der Waals surface area contributed by atoms with Crippen LogP contribution >= 0.6 is 22.6 Å². The van der Waals surface area contributed by atoms with Crippen molar-refractivity contribution in [3.8, 4) is 0 Å². The van der Waals surface area contributed by atoms with Crippen LogP contribution in [0, 0.1) is 3.57 Å². The summed E-state index contributed by atoms with van der Waals surface area (Å²) in [6.45, 7) is 1.66. The fourth-order valence-corrected chi connectivity index (χ4v) is 1.16. The molecule has 4 heteroatoms. The molecule has 0 unspecified atom stereocenters. The Morgan fingerprint density at radius 1 is 1.70 bits per heavy atom. The number of nitrogens with two attached hydrogens (primary N) is 1. The minimum Gasteiger partial charge on any atom is -0.330 e. The summed E-state index contributed by atoms with van der Waals surface area (Å²) in [6.07, 6.45) is 4.85. The molecule has 10 heavy (non-hydrogen) atoms. The molecule has 1 aromatic heterocycles. The largest absolute Gasteiger partial charge is 0.330 e. The van der Waals surface area contributed by atoms with Crippen LogP contribution in [0.15, 0.2) is 12.4 Å². The van der Waals surface area contributed by atoms with Crippen molar-refractivity contribution in [2.45, 2.75) is 13.0 Å². The van der Waals surface area contributed by atoms with Gasteiger partial charge in [0, 0.05) is 12.7 Å². The maximum absolute atomic E-state index is 5.34. The van der Waals surface area contributed by atoms with Crippen molar-refractivity contribution < 1.29 is 0 Å². The molecule has 1 aromatic rings. The third-order valence-electron chi connectivity index (χ3n) is 1.19. The number of hydrogen-bond donors (Lipinski definition) is 1. The molecule has 2 N–H and O–H groups in total. The van der Waals surface area contributed by atoms with Crippen LogP contribution in [0.3, 0.4) is 0 Å². The first-order chi connectivity index (χ1) is 4.83. The van der Waals surface area contributed by atoms with Crippen LogP contribution in [-0.4, -0.2) is 16.3 Å². The van der Waals surface area contributed by atoms with Crippen molar-refractivity contribution in [2.24, 2.45) is 5.73 Å². The third kappa shape index (κ3) is 2.26. The molecule has 0 fully saturated rings. The van der Waals surface area contributed by atoms with Gasteiger partial charge in [-0.3, -0.25) is 4.68 Å². The fraction of sp³-hybridized carbons (Fsp3) is 0.500. The second-order valence-electron chi connectivity index (χ2n) is 2.06. The van der Waals surface area contributed by atoms with Gasteiger partial charge in [-0.1, -0.05) is 0 Å². The quantitative estimate of drug-likeness (QED) is 0.809. The van der Waals surface area contributed by atoms with E-state index in [1.165, 1.54) is 3.57 Å². The monoisotopic (exact) mass is 251 g/mol. The molecule has 0 aromatic carbocycles. The van der Waals surface area contributed by atoms with Crippen LogP contribution in [0.2, 0.25) is 0 Å². The van der Waals surface area contributed by atoms with Gasteiger partial charge in [0.2, 0.25) is 0 Å². The van der Waals surface area contributed by atoms with Gasteiger partial charge in [-0.05, 0) is 35.6 Å². The van der Waals surface area contributed by atoms with E-state index in [0.29, 0.717) is 0 Å². The molecule has 56 valence electrons. The average molecular weight is 251 g/mol. The minimum absolute atomic E-state index is 0.733. The molecule has 1 heterocycles. The summed E-state index contributed by atoms with van der Waals surface area (Å²) in [5.41, 5.74) is 5.34. The van der Waals surface area contributed by atoms with Gasteiger partial charge in [-0.2, -0.15) is 5.10 Å². The van der Waals surface area contributed by atoms with Crippen molar-refractivity contribution in [2.75, 3.05) is 6.54 Å². The summed E-state index contributed by atoms with van der Waals surface area (Å²) in [7, 11) is 0. The molecule has 0 atom stereocenters. The highest BCUT2D eigenvalue weighted by Crippen LogP contribution is 2.00. The molecule has 0 saturated carbocycles. The molecule has 1 rings (SSSR count). The Balaban J connectivity index is 2.42. The standard InChI is InChI=1S/C6H10IN3/c7-6-4-9-10(5-6)3-1-2-8/h4-5H,1-3,8H2. The number of halogens is 1. The molecule has 3 nitrogen and oxygen atoms in total. The Kier molecular flexibility index (Phi) is 3.14. The number of hydrogen-bond acceptors (Lipinski definition) is 2. The average Bonchev–Trinajstić information content (AvgIpc) is 2.31. The van der Waals surface area contributed by atoms with Gasteiger partial charge in [-0.15, -0.1) is 0 Å². The zero-order chi connectivity index (χ0) is 7.40. The SMILES string of the molecule is NCCCn1cc(I)cn1. The second-order valence-corrected chi connectivity index (χ2v) is 3.31. The molecule has 0 radical (unpaired) electrons. The summed E-state index contributed by atoms with van der Waals surface area (Å²) >= 11 is 2.24. The first kappa shape index (κ1) is 8.00. The van der Waals surface area contributed by atoms with Gasteiger partial charge in [0.15, 0.2) is 0 Å². The van der Waals surface area contributed by atoms with Crippen molar-refractivity contribution >= 4 is 22.6 Å². The predicted molar refractivity (Wildman–Crippen MR) is 48.6 cm³/mol. The molecule has 0 bridgehead atoms. The minimum atomic E-state index is 0.733. The molecule has 0 aliphatic heterocycles. The molecule has 0 aliphatic carbocycles. The number of nitrogens with zero attached hydrogens (tertiary/aromatic N) is 2. The summed E-state index contributed by atoms with van der Waals surface area (Å²) in [4.78, 5) is 0. The summed E-state index contributed by atoms with van der Waals surface area (Å²) in [5, 5.41) is 4.11. The van der Waals surface area contributed by atoms with Gasteiger partial charge in [0.25, 0.3) is 0 Å². The molecule has 0 aliphatic rings. The summed E-state index contributed by atoms with van der Waals surface area (Å²) < 4.78 is 3.09. The van der Waals surface area contributed by atoms with Gasteiger partial charge >= 0.3 is 0 Å². The Morgan fingerprint density at radius 3 is 3.00 bits per heavy atom. The molecule has 0 amide bonds. The van der Waals surface area contributed by atoms with Crippen LogP contribution in [0.1, 0.15) is 6.42 Å². The lowest BCUT2D eigenvalue weighted by Gasteiger charge is -1.96. The van der Waals surface area contributed by atoms with Crippen LogP contribution in [0.4, 0.5) is 0 Å². The van der Waals surface area contributed by atoms with Gasteiger partial charge in [0.1, 0.15) is 0 Å². The highest BCUT2D eigenvalue weighted by atomic mass is 127. The van der Waals surface area contributed by atoms with E-state index in [1.807, 2.05) is 17.1 Å². The highest BCUT2D eigenvalue weighted by Gasteiger charge is 1.92. The third-order valence-corrected chi connectivity index (χ3v) is 1.75. The van der Waals surface area contributed by atoms with E-state index in [2.05, 4.69) is 27.7 Å². The summed E-state index contributed by atoms with van der Waals surface area (Å²) in [5.74, 6) is 0. The number of aromatic nitrogens is 2. The van der Waals surface area contributed by atoms with Crippen LogP contribution in [0.5, 0.6) is 0 Å². The normalized spacial score (nSPS) is 10.2. The lowest BCUT2D eigenvalue weighted by atomic mass is 10.4. The van der Waals surface area contributed by atoms with Crippen molar-refractivity contribution in [1.82, 2.24) is 9.78 Å². The zero-order valence-electron chi connectivity index (χ0n) is 5.63. The lowest BCUT2D eigenvalue weighted by molar-refractivity contribution is 0.585. The van der Waals surface area contributed by atoms with Crippen molar-refractivity contribution in [3.05, 3.63) is 16.0 Å². The highest BCUT2D eigenvalue weighted by molar-refractivity contribution is 14.1. The van der Waals surface area contributed by atoms with Crippen molar-refractivity contribution in [1.29, 1.82) is 0 Å². The fourth-order valence-electron chi connectivity index (χ4n) is 0.714. The number of aryl methyl sites for hydroxylation is 1. The Hall–Kier alpha value is -0.100. The predicted octanol–water partition coefficient (Wildman–Crippen LogP) is 0.836. The van der Waals surface area contributed by atoms with E-state index < -0.39 is 0 Å². The first-order valence-corrected chi connectivity index (χ1v) is 4.29. The lowest BCUT2D eigenvalue weighted by Crippen LogP contribution is -2.05. The zero-order valence-corrected chi connectivity index (χ0v) is 7.78. The van der Waals surface area contributed by atoms with Crippen LogP contribution in [-0.2, 0) is 6.54 Å². The maximum Gasteiger partial charge on any atom is 0.0623 e. The van der Waals surface area contributed by atoms with E-state index in [0.717, 1.165) is 19.5 Å². The first-order valence-electron chi connectivity index (χ1n) is 3.21. The van der Waals surface area contributed by atoms with E-state index in [4.69, 9.17) is 5.73 Å². The van der Waals surface area contributed by atoms with E-state index >= 15 is 0 Å². The number of rotatable bonds is 3. The second kappa shape index (κ2) is 3.92. The topological polar surface area (TPSA) is 43.8 Å². The Labute approximate surface area is 73.7 Å². The molecule has 0 saturated heterocycles. The van der Waals surface area contributed by atoms with Crippen LogP contribution < -0.4 is 5.73 Å². The van der Waals surface area contributed by atoms with Crippen LogP contribution in [0.25, 0.3) is 0 Å². The van der Waals surface area contributed by atoms with Gasteiger partial charge in [-0.25, -0.2) is 0 Å². The molecule has 0 spiro atoms. The smallest absolute Gasteiger partial charge is 0.0623 e. The maximum atomic E-state index is 5.34.